The van der Waals surface area contributed by atoms with E-state index in [1.165, 1.54) is 5.56 Å². The Morgan fingerprint density at radius 3 is 2.50 bits per heavy atom. The predicted octanol–water partition coefficient (Wildman–Crippen LogP) is 4.07. The number of hydrogen-bond donors (Lipinski definition) is 1. The van der Waals surface area contributed by atoms with Crippen molar-refractivity contribution in [1.29, 1.82) is 0 Å². The second-order valence-electron chi connectivity index (χ2n) is 7.80. The van der Waals surface area contributed by atoms with Gasteiger partial charge < -0.3 is 19.9 Å². The maximum absolute atomic E-state index is 12.2. The quantitative estimate of drug-likeness (QED) is 0.339. The Bertz CT molecular complexity index is 790. The molecule has 1 aliphatic rings. The van der Waals surface area contributed by atoms with Crippen molar-refractivity contribution in [2.45, 2.75) is 38.7 Å². The molecule has 1 unspecified atom stereocenters. The van der Waals surface area contributed by atoms with Gasteiger partial charge in [0.1, 0.15) is 6.10 Å². The molecule has 32 heavy (non-hydrogen) atoms. The van der Waals surface area contributed by atoms with Gasteiger partial charge in [-0.25, -0.2) is 0 Å². The molecule has 1 atom stereocenters. The van der Waals surface area contributed by atoms with Crippen LogP contribution in [0.2, 0.25) is 0 Å². The first-order chi connectivity index (χ1) is 15.4. The number of hydrogen-bond acceptors (Lipinski definition) is 5. The molecule has 1 aromatic carbocycles. The Morgan fingerprint density at radius 2 is 1.88 bits per heavy atom. The third-order valence-corrected chi connectivity index (χ3v) is 5.41. The number of amides is 1. The van der Waals surface area contributed by atoms with Gasteiger partial charge >= 0.3 is 5.97 Å². The molecule has 0 aromatic heterocycles. The number of aryl methyl sites for hydroxylation is 1. The molecule has 0 fully saturated rings. The number of ether oxygens (including phenoxy) is 1. The van der Waals surface area contributed by atoms with Crippen LogP contribution in [0.5, 0.6) is 0 Å². The SMILES string of the molecule is CC(CNC(=O)C1=CN(C)C=CC1)OC(=O)CCCc1ccc(N(CCCl)CCCl)cc1. The average molecular weight is 482 g/mol. The van der Waals surface area contributed by atoms with Crippen LogP contribution in [0.15, 0.2) is 48.3 Å². The molecule has 2 rings (SSSR count). The fourth-order valence-electron chi connectivity index (χ4n) is 3.40. The molecule has 0 spiro atoms. The van der Waals surface area contributed by atoms with E-state index in [0.717, 1.165) is 25.2 Å². The smallest absolute Gasteiger partial charge is 0.306 e. The number of rotatable bonds is 13. The van der Waals surface area contributed by atoms with Crippen LogP contribution in [-0.4, -0.2) is 61.3 Å². The van der Waals surface area contributed by atoms with Gasteiger partial charge in [0.15, 0.2) is 0 Å². The summed E-state index contributed by atoms with van der Waals surface area (Å²) in [4.78, 5) is 28.3. The fraction of sp³-hybridized carbons (Fsp3) is 0.500. The molecule has 1 amide bonds. The Hall–Kier alpha value is -2.18. The van der Waals surface area contributed by atoms with E-state index in [-0.39, 0.29) is 24.5 Å². The summed E-state index contributed by atoms with van der Waals surface area (Å²) >= 11 is 11.7. The number of nitrogens with zero attached hydrogens (tertiary/aromatic N) is 2. The van der Waals surface area contributed by atoms with E-state index in [2.05, 4.69) is 34.5 Å². The van der Waals surface area contributed by atoms with Crippen molar-refractivity contribution in [3.05, 3.63) is 53.9 Å². The van der Waals surface area contributed by atoms with E-state index in [9.17, 15) is 9.59 Å². The summed E-state index contributed by atoms with van der Waals surface area (Å²) < 4.78 is 5.42. The van der Waals surface area contributed by atoms with Gasteiger partial charge in [-0.1, -0.05) is 18.2 Å². The number of esters is 1. The topological polar surface area (TPSA) is 61.9 Å². The summed E-state index contributed by atoms with van der Waals surface area (Å²) in [6, 6.07) is 8.27. The molecule has 1 heterocycles. The van der Waals surface area contributed by atoms with Gasteiger partial charge in [-0.3, -0.25) is 9.59 Å². The van der Waals surface area contributed by atoms with Gasteiger partial charge in [0.05, 0.1) is 6.54 Å². The lowest BCUT2D eigenvalue weighted by Gasteiger charge is -2.23. The highest BCUT2D eigenvalue weighted by atomic mass is 35.5. The number of alkyl halides is 2. The molecule has 1 aliphatic heterocycles. The molecule has 1 aromatic rings. The van der Waals surface area contributed by atoms with Gasteiger partial charge in [0.2, 0.25) is 5.91 Å². The van der Waals surface area contributed by atoms with Crippen molar-refractivity contribution in [2.75, 3.05) is 43.3 Å². The van der Waals surface area contributed by atoms with Gasteiger partial charge in [-0.15, -0.1) is 23.2 Å². The molecule has 176 valence electrons. The lowest BCUT2D eigenvalue weighted by molar-refractivity contribution is -0.148. The van der Waals surface area contributed by atoms with Crippen LogP contribution in [0.1, 0.15) is 31.7 Å². The minimum atomic E-state index is -0.377. The molecular formula is C24H33Cl2N3O3. The molecule has 0 saturated heterocycles. The van der Waals surface area contributed by atoms with Crippen LogP contribution in [0.3, 0.4) is 0 Å². The lowest BCUT2D eigenvalue weighted by atomic mass is 10.1. The Balaban J connectivity index is 1.67. The third-order valence-electron chi connectivity index (χ3n) is 5.07. The predicted molar refractivity (Wildman–Crippen MR) is 131 cm³/mol. The first-order valence-electron chi connectivity index (χ1n) is 11.0. The molecule has 1 N–H and O–H groups in total. The van der Waals surface area contributed by atoms with E-state index in [1.54, 1.807) is 13.1 Å². The summed E-state index contributed by atoms with van der Waals surface area (Å²) in [7, 11) is 1.87. The number of carbonyl (C=O) groups is 2. The average Bonchev–Trinajstić information content (AvgIpc) is 2.78. The number of carbonyl (C=O) groups excluding carboxylic acids is 2. The normalized spacial score (nSPS) is 14.0. The third kappa shape index (κ3) is 9.13. The lowest BCUT2D eigenvalue weighted by Crippen LogP contribution is -2.34. The van der Waals surface area contributed by atoms with Gasteiger partial charge in [-0.05, 0) is 50.1 Å². The van der Waals surface area contributed by atoms with E-state index in [4.69, 9.17) is 27.9 Å². The molecule has 6 nitrogen and oxygen atoms in total. The highest BCUT2D eigenvalue weighted by Gasteiger charge is 2.15. The minimum Gasteiger partial charge on any atom is -0.461 e. The monoisotopic (exact) mass is 481 g/mol. The summed E-state index contributed by atoms with van der Waals surface area (Å²) in [5.74, 6) is 0.715. The van der Waals surface area contributed by atoms with Crippen molar-refractivity contribution < 1.29 is 14.3 Å². The maximum atomic E-state index is 12.2. The van der Waals surface area contributed by atoms with E-state index in [1.807, 2.05) is 24.2 Å². The fourth-order valence-corrected chi connectivity index (χ4v) is 3.81. The minimum absolute atomic E-state index is 0.136. The van der Waals surface area contributed by atoms with E-state index < -0.39 is 0 Å². The second kappa shape index (κ2) is 14.1. The molecule has 0 bridgehead atoms. The van der Waals surface area contributed by atoms with Crippen LogP contribution in [-0.2, 0) is 20.7 Å². The largest absolute Gasteiger partial charge is 0.461 e. The van der Waals surface area contributed by atoms with E-state index >= 15 is 0 Å². The highest BCUT2D eigenvalue weighted by Crippen LogP contribution is 2.17. The number of halogens is 2. The second-order valence-corrected chi connectivity index (χ2v) is 8.56. The van der Waals surface area contributed by atoms with Crippen molar-refractivity contribution in [1.82, 2.24) is 10.2 Å². The number of benzene rings is 1. The number of nitrogens with one attached hydrogen (secondary N) is 1. The van der Waals surface area contributed by atoms with E-state index in [0.29, 0.717) is 36.6 Å². The first-order valence-corrected chi connectivity index (χ1v) is 12.0. The van der Waals surface area contributed by atoms with Gasteiger partial charge in [-0.2, -0.15) is 0 Å². The zero-order valence-electron chi connectivity index (χ0n) is 18.9. The Kier molecular flexibility index (Phi) is 11.5. The van der Waals surface area contributed by atoms with Crippen LogP contribution in [0, 0.1) is 0 Å². The van der Waals surface area contributed by atoms with Crippen molar-refractivity contribution in [3.63, 3.8) is 0 Å². The van der Waals surface area contributed by atoms with Crippen molar-refractivity contribution >= 4 is 40.8 Å². The van der Waals surface area contributed by atoms with Gasteiger partial charge in [0.25, 0.3) is 0 Å². The highest BCUT2D eigenvalue weighted by molar-refractivity contribution is 6.18. The van der Waals surface area contributed by atoms with Crippen LogP contribution >= 0.6 is 23.2 Å². The standard InChI is InChI=1S/C24H33Cl2N3O3/c1-19(17-27-24(31)21-6-4-14-28(2)18-21)32-23(30)7-3-5-20-8-10-22(11-9-20)29(15-12-25)16-13-26/h4,8-11,14,18-19H,3,5-7,12-13,15-17H2,1-2H3,(H,27,31). The maximum Gasteiger partial charge on any atom is 0.306 e. The first kappa shape index (κ1) is 26.1. The molecular weight excluding hydrogens is 449 g/mol. The Morgan fingerprint density at radius 1 is 1.19 bits per heavy atom. The van der Waals surface area contributed by atoms with Gasteiger partial charge in [0, 0.05) is 55.8 Å². The summed E-state index contributed by atoms with van der Waals surface area (Å²) in [6.45, 7) is 3.58. The van der Waals surface area contributed by atoms with Crippen LogP contribution < -0.4 is 10.2 Å². The van der Waals surface area contributed by atoms with Crippen LogP contribution in [0.25, 0.3) is 0 Å². The number of anilines is 1. The zero-order chi connectivity index (χ0) is 23.3. The van der Waals surface area contributed by atoms with Crippen molar-refractivity contribution in [3.8, 4) is 0 Å². The molecule has 0 saturated carbocycles. The van der Waals surface area contributed by atoms with Crippen molar-refractivity contribution in [2.24, 2.45) is 0 Å². The molecule has 8 heteroatoms. The summed E-state index contributed by atoms with van der Waals surface area (Å²) in [5.41, 5.74) is 2.95. The molecule has 0 radical (unpaired) electrons. The Labute approximate surface area is 201 Å². The number of allylic oxidation sites excluding steroid dienone is 1. The zero-order valence-corrected chi connectivity index (χ0v) is 20.4. The molecule has 0 aliphatic carbocycles. The summed E-state index contributed by atoms with van der Waals surface area (Å²) in [6.07, 6.45) is 7.70. The van der Waals surface area contributed by atoms with Crippen LogP contribution in [0.4, 0.5) is 5.69 Å². The summed E-state index contributed by atoms with van der Waals surface area (Å²) in [5, 5.41) is 2.83.